The van der Waals surface area contributed by atoms with Crippen LogP contribution in [-0.4, -0.2) is 47.2 Å². The Morgan fingerprint density at radius 1 is 1.42 bits per heavy atom. The Kier molecular flexibility index (Phi) is 5.58. The number of methoxy groups -OCH3 is 1. The molecule has 0 aliphatic carbocycles. The zero-order valence-electron chi connectivity index (χ0n) is 12.7. The highest BCUT2D eigenvalue weighted by Crippen LogP contribution is 2.30. The Balaban J connectivity index is 2.17. The molecule has 0 unspecified atom stereocenters. The maximum absolute atomic E-state index is 12.7. The molecule has 0 saturated carbocycles. The van der Waals surface area contributed by atoms with Gasteiger partial charge in [-0.15, -0.1) is 0 Å². The molecule has 2 aromatic rings. The lowest BCUT2D eigenvalue weighted by Crippen LogP contribution is -2.40. The van der Waals surface area contributed by atoms with Gasteiger partial charge >= 0.3 is 6.18 Å². The normalized spacial score (nSPS) is 12.9. The van der Waals surface area contributed by atoms with Crippen LogP contribution in [0.4, 0.5) is 13.2 Å². The maximum atomic E-state index is 12.7. The molecule has 9 heteroatoms. The van der Waals surface area contributed by atoms with Crippen LogP contribution in [-0.2, 0) is 10.9 Å². The molecule has 0 fully saturated rings. The monoisotopic (exact) mass is 343 g/mol. The van der Waals surface area contributed by atoms with Gasteiger partial charge in [0.15, 0.2) is 5.69 Å². The predicted molar refractivity (Wildman–Crippen MR) is 78.8 cm³/mol. The topological polar surface area (TPSA) is 76.4 Å². The quantitative estimate of drug-likeness (QED) is 0.836. The van der Waals surface area contributed by atoms with Gasteiger partial charge in [-0.2, -0.15) is 18.3 Å². The van der Waals surface area contributed by atoms with Gasteiger partial charge in [0.2, 0.25) is 0 Å². The number of aliphatic hydroxyl groups is 1. The van der Waals surface area contributed by atoms with Crippen LogP contribution in [0.5, 0.6) is 0 Å². The number of halogens is 3. The minimum atomic E-state index is -4.46. The summed E-state index contributed by atoms with van der Waals surface area (Å²) in [4.78, 5) is 12.0. The second kappa shape index (κ2) is 7.45. The predicted octanol–water partition coefficient (Wildman–Crippen LogP) is 1.63. The molecular weight excluding hydrogens is 327 g/mol. The van der Waals surface area contributed by atoms with E-state index in [2.05, 4.69) is 10.4 Å². The van der Waals surface area contributed by atoms with E-state index in [1.807, 2.05) is 0 Å². The van der Waals surface area contributed by atoms with E-state index in [4.69, 9.17) is 9.84 Å². The van der Waals surface area contributed by atoms with Gasteiger partial charge in [-0.25, -0.2) is 4.68 Å². The number of ether oxygens (including phenoxy) is 1. The van der Waals surface area contributed by atoms with Crippen molar-refractivity contribution in [3.8, 4) is 5.69 Å². The average molecular weight is 343 g/mol. The number of rotatable bonds is 6. The van der Waals surface area contributed by atoms with Crippen LogP contribution >= 0.6 is 0 Å². The number of benzene rings is 1. The fraction of sp³-hybridized carbons (Fsp3) is 0.333. The van der Waals surface area contributed by atoms with E-state index in [1.54, 1.807) is 0 Å². The summed E-state index contributed by atoms with van der Waals surface area (Å²) in [5.74, 6) is -0.558. The van der Waals surface area contributed by atoms with Crippen LogP contribution in [0.15, 0.2) is 36.5 Å². The van der Waals surface area contributed by atoms with Gasteiger partial charge < -0.3 is 15.2 Å². The maximum Gasteiger partial charge on any atom is 0.416 e. The van der Waals surface area contributed by atoms with Crippen LogP contribution in [0.3, 0.4) is 0 Å². The Morgan fingerprint density at radius 2 is 2.17 bits per heavy atom. The molecule has 0 aliphatic rings. The van der Waals surface area contributed by atoms with Crippen molar-refractivity contribution in [1.29, 1.82) is 0 Å². The van der Waals surface area contributed by atoms with Crippen LogP contribution in [0.1, 0.15) is 16.1 Å². The lowest BCUT2D eigenvalue weighted by atomic mass is 10.2. The van der Waals surface area contributed by atoms with Crippen molar-refractivity contribution in [2.45, 2.75) is 12.2 Å². The van der Waals surface area contributed by atoms with Gasteiger partial charge in [-0.3, -0.25) is 4.79 Å². The largest absolute Gasteiger partial charge is 0.416 e. The zero-order valence-corrected chi connectivity index (χ0v) is 12.7. The minimum absolute atomic E-state index is 0.0157. The van der Waals surface area contributed by atoms with E-state index >= 15 is 0 Å². The van der Waals surface area contributed by atoms with Gasteiger partial charge in [0.05, 0.1) is 30.5 Å². The minimum Gasteiger partial charge on any atom is -0.394 e. The van der Waals surface area contributed by atoms with Gasteiger partial charge in [-0.1, -0.05) is 6.07 Å². The first-order valence-electron chi connectivity index (χ1n) is 6.99. The number of aromatic nitrogens is 2. The summed E-state index contributed by atoms with van der Waals surface area (Å²) >= 11 is 0. The van der Waals surface area contributed by atoms with Crippen molar-refractivity contribution in [1.82, 2.24) is 15.1 Å². The second-order valence-corrected chi connectivity index (χ2v) is 5.00. The first-order valence-corrected chi connectivity index (χ1v) is 6.99. The van der Waals surface area contributed by atoms with Crippen LogP contribution in [0, 0.1) is 0 Å². The molecule has 2 rings (SSSR count). The van der Waals surface area contributed by atoms with Crippen LogP contribution in [0.2, 0.25) is 0 Å². The fourth-order valence-corrected chi connectivity index (χ4v) is 2.01. The highest BCUT2D eigenvalue weighted by atomic mass is 19.4. The first-order chi connectivity index (χ1) is 11.3. The summed E-state index contributed by atoms with van der Waals surface area (Å²) < 4.78 is 44.2. The molecule has 1 atom stereocenters. The van der Waals surface area contributed by atoms with E-state index in [0.29, 0.717) is 0 Å². The molecular formula is C15H16F3N3O3. The van der Waals surface area contributed by atoms with E-state index in [0.717, 1.165) is 12.1 Å². The summed E-state index contributed by atoms with van der Waals surface area (Å²) in [5, 5.41) is 15.6. The number of amides is 1. The molecule has 1 amide bonds. The van der Waals surface area contributed by atoms with E-state index in [-0.39, 0.29) is 24.6 Å². The standard InChI is InChI=1S/C15H16F3N3O3/c1-24-9-11(8-22)19-14(23)13-5-6-21(20-13)12-4-2-3-10(7-12)15(16,17)18/h2-7,11,22H,8-9H2,1H3,(H,19,23)/t11-/m0/s1. The molecule has 0 radical (unpaired) electrons. The third-order valence-corrected chi connectivity index (χ3v) is 3.18. The van der Waals surface area contributed by atoms with Crippen molar-refractivity contribution in [3.63, 3.8) is 0 Å². The van der Waals surface area contributed by atoms with Crippen molar-refractivity contribution in [2.24, 2.45) is 0 Å². The van der Waals surface area contributed by atoms with Crippen molar-refractivity contribution in [3.05, 3.63) is 47.8 Å². The number of hydrogen-bond acceptors (Lipinski definition) is 4. The van der Waals surface area contributed by atoms with Crippen LogP contribution < -0.4 is 5.32 Å². The lowest BCUT2D eigenvalue weighted by Gasteiger charge is -2.14. The summed E-state index contributed by atoms with van der Waals surface area (Å²) in [7, 11) is 1.43. The third kappa shape index (κ3) is 4.33. The lowest BCUT2D eigenvalue weighted by molar-refractivity contribution is -0.137. The summed E-state index contributed by atoms with van der Waals surface area (Å²) in [6, 6.07) is 5.39. The molecule has 0 saturated heterocycles. The Bertz CT molecular complexity index is 701. The van der Waals surface area contributed by atoms with Crippen molar-refractivity contribution < 1.29 is 27.8 Å². The Labute approximate surface area is 135 Å². The third-order valence-electron chi connectivity index (χ3n) is 3.18. The van der Waals surface area contributed by atoms with Crippen LogP contribution in [0.25, 0.3) is 5.69 Å². The molecule has 1 aromatic carbocycles. The van der Waals surface area contributed by atoms with Gasteiger partial charge in [-0.05, 0) is 24.3 Å². The Hall–Kier alpha value is -2.39. The van der Waals surface area contributed by atoms with E-state index < -0.39 is 23.7 Å². The van der Waals surface area contributed by atoms with Gasteiger partial charge in [0.1, 0.15) is 0 Å². The second-order valence-electron chi connectivity index (χ2n) is 5.00. The number of aliphatic hydroxyl groups excluding tert-OH is 1. The van der Waals surface area contributed by atoms with Crippen molar-refractivity contribution in [2.75, 3.05) is 20.3 Å². The summed E-state index contributed by atoms with van der Waals surface area (Å²) in [5.41, 5.74) is -0.608. The number of carbonyl (C=O) groups excluding carboxylic acids is 1. The number of alkyl halides is 3. The number of nitrogens with one attached hydrogen (secondary N) is 1. The fourth-order valence-electron chi connectivity index (χ4n) is 2.01. The number of nitrogens with zero attached hydrogens (tertiary/aromatic N) is 2. The SMILES string of the molecule is COC[C@H](CO)NC(=O)c1ccn(-c2cccc(C(F)(F)F)c2)n1. The molecule has 130 valence electrons. The molecule has 6 nitrogen and oxygen atoms in total. The van der Waals surface area contributed by atoms with Gasteiger partial charge in [0, 0.05) is 13.3 Å². The van der Waals surface area contributed by atoms with E-state index in [1.165, 1.54) is 36.2 Å². The highest BCUT2D eigenvalue weighted by molar-refractivity contribution is 5.92. The first kappa shape index (κ1) is 18.0. The number of carbonyl (C=O) groups is 1. The molecule has 1 heterocycles. The highest BCUT2D eigenvalue weighted by Gasteiger charge is 2.30. The van der Waals surface area contributed by atoms with E-state index in [9.17, 15) is 18.0 Å². The zero-order chi connectivity index (χ0) is 17.7. The molecule has 0 spiro atoms. The average Bonchev–Trinajstić information content (AvgIpc) is 3.04. The summed E-state index contributed by atoms with van der Waals surface area (Å²) in [6.07, 6.45) is -3.08. The molecule has 1 aromatic heterocycles. The molecule has 24 heavy (non-hydrogen) atoms. The number of hydrogen-bond donors (Lipinski definition) is 2. The summed E-state index contributed by atoms with van der Waals surface area (Å²) in [6.45, 7) is -0.190. The molecule has 2 N–H and O–H groups in total. The smallest absolute Gasteiger partial charge is 0.394 e. The van der Waals surface area contributed by atoms with Gasteiger partial charge in [0.25, 0.3) is 5.91 Å². The van der Waals surface area contributed by atoms with Crippen molar-refractivity contribution >= 4 is 5.91 Å². The Morgan fingerprint density at radius 3 is 2.79 bits per heavy atom. The molecule has 0 aliphatic heterocycles. The molecule has 0 bridgehead atoms.